The molecule has 0 fully saturated rings. The predicted octanol–water partition coefficient (Wildman–Crippen LogP) is 1.15. The van der Waals surface area contributed by atoms with Gasteiger partial charge in [0.05, 0.1) is 0 Å². The molecule has 0 aliphatic carbocycles. The zero-order chi connectivity index (χ0) is 8.69. The van der Waals surface area contributed by atoms with Crippen LogP contribution in [-0.4, -0.2) is 25.0 Å². The Morgan fingerprint density at radius 2 is 1.21 bits per heavy atom. The van der Waals surface area contributed by atoms with Crippen molar-refractivity contribution < 1.29 is 0 Å². The van der Waals surface area contributed by atoms with Crippen molar-refractivity contribution in [1.82, 2.24) is 5.32 Å². The highest BCUT2D eigenvalue weighted by molar-refractivity contribution is 5.96. The van der Waals surface area contributed by atoms with Crippen LogP contribution in [0.3, 0.4) is 0 Å². The van der Waals surface area contributed by atoms with Gasteiger partial charge in [0.1, 0.15) is 0 Å². The molecule has 0 spiro atoms. The standard InChI is InChI=1S/C6H15N5.3CH4/c1-3-9-5(7)11-6(8)10-4-2;;;/h3-4H2,1-2H3,(H5,7,8,9,10,11);3*1H4. The van der Waals surface area contributed by atoms with E-state index in [-0.39, 0.29) is 22.3 Å². The minimum absolute atomic E-state index is 0. The first-order valence-electron chi connectivity index (χ1n) is 3.57. The summed E-state index contributed by atoms with van der Waals surface area (Å²) in [5.41, 5.74) is 10.8. The van der Waals surface area contributed by atoms with Crippen molar-refractivity contribution in [3.8, 4) is 0 Å². The smallest absolute Gasteiger partial charge is 0.195 e. The van der Waals surface area contributed by atoms with Crippen molar-refractivity contribution in [2.75, 3.05) is 13.1 Å². The number of nitrogens with two attached hydrogens (primary N) is 2. The summed E-state index contributed by atoms with van der Waals surface area (Å²) < 4.78 is 0. The summed E-state index contributed by atoms with van der Waals surface area (Å²) in [4.78, 5) is 7.74. The lowest BCUT2D eigenvalue weighted by Crippen LogP contribution is -2.41. The lowest BCUT2D eigenvalue weighted by atomic mass is 10.7. The maximum absolute atomic E-state index is 5.39. The largest absolute Gasteiger partial charge is 0.370 e. The van der Waals surface area contributed by atoms with E-state index in [1.54, 1.807) is 0 Å². The number of guanidine groups is 2. The molecule has 0 heterocycles. The molecule has 0 atom stereocenters. The van der Waals surface area contributed by atoms with Gasteiger partial charge in [-0.15, -0.1) is 0 Å². The van der Waals surface area contributed by atoms with Crippen molar-refractivity contribution in [3.05, 3.63) is 0 Å². The molecule has 0 aromatic carbocycles. The van der Waals surface area contributed by atoms with Gasteiger partial charge >= 0.3 is 0 Å². The van der Waals surface area contributed by atoms with E-state index in [2.05, 4.69) is 15.3 Å². The Morgan fingerprint density at radius 3 is 1.43 bits per heavy atom. The zero-order valence-electron chi connectivity index (χ0n) is 6.96. The summed E-state index contributed by atoms with van der Waals surface area (Å²) in [6.45, 7) is 5.06. The molecule has 0 amide bonds. The molecule has 0 aliphatic heterocycles. The van der Waals surface area contributed by atoms with Crippen molar-refractivity contribution >= 4 is 11.9 Å². The monoisotopic (exact) mass is 205 g/mol. The summed E-state index contributed by atoms with van der Waals surface area (Å²) in [7, 11) is 0. The molecule has 0 saturated carbocycles. The normalized spacial score (nSPS) is 10.4. The number of aliphatic imine (C=N–C) groups is 2. The fourth-order valence-corrected chi connectivity index (χ4v) is 0.551. The van der Waals surface area contributed by atoms with Crippen LogP contribution in [0.1, 0.15) is 36.1 Å². The lowest BCUT2D eigenvalue weighted by Gasteiger charge is -2.02. The zero-order valence-corrected chi connectivity index (χ0v) is 6.96. The first-order chi connectivity index (χ1) is 5.20. The Balaban J connectivity index is -0.000000167. The van der Waals surface area contributed by atoms with Gasteiger partial charge in [-0.3, -0.25) is 15.3 Å². The van der Waals surface area contributed by atoms with Gasteiger partial charge in [-0.25, -0.2) is 0 Å². The first kappa shape index (κ1) is 23.0. The molecule has 5 heteroatoms. The summed E-state index contributed by atoms with van der Waals surface area (Å²) in [6.07, 6.45) is 0. The average Bonchev–Trinajstić information content (AvgIpc) is 1.87. The Kier molecular flexibility index (Phi) is 23.4. The fourth-order valence-electron chi connectivity index (χ4n) is 0.551. The Bertz CT molecular complexity index is 145. The first-order valence-corrected chi connectivity index (χ1v) is 3.57. The van der Waals surface area contributed by atoms with E-state index in [0.717, 1.165) is 0 Å². The molecule has 0 saturated heterocycles. The second-order valence-corrected chi connectivity index (χ2v) is 1.84. The predicted molar refractivity (Wildman–Crippen MR) is 67.7 cm³/mol. The number of hydrogen-bond donors (Lipinski definition) is 3. The van der Waals surface area contributed by atoms with E-state index in [0.29, 0.717) is 25.0 Å². The quantitative estimate of drug-likeness (QED) is 0.467. The van der Waals surface area contributed by atoms with E-state index in [1.165, 1.54) is 0 Å². The SMILES string of the molecule is C.C.C.CCN=C(N)NC(N)=NCC. The van der Waals surface area contributed by atoms with Gasteiger partial charge in [-0.1, -0.05) is 22.3 Å². The molecule has 0 bridgehead atoms. The van der Waals surface area contributed by atoms with E-state index >= 15 is 0 Å². The van der Waals surface area contributed by atoms with Crippen molar-refractivity contribution in [3.63, 3.8) is 0 Å². The van der Waals surface area contributed by atoms with Crippen LogP contribution >= 0.6 is 0 Å². The van der Waals surface area contributed by atoms with Crippen LogP contribution in [0.4, 0.5) is 0 Å². The summed E-state index contributed by atoms with van der Waals surface area (Å²) in [5.74, 6) is 0.615. The summed E-state index contributed by atoms with van der Waals surface area (Å²) in [5, 5.41) is 2.64. The van der Waals surface area contributed by atoms with Crippen molar-refractivity contribution in [1.29, 1.82) is 0 Å². The number of nitrogens with one attached hydrogen (secondary N) is 1. The Hall–Kier alpha value is -1.26. The molecule has 88 valence electrons. The molecule has 5 N–H and O–H groups in total. The summed E-state index contributed by atoms with van der Waals surface area (Å²) in [6, 6.07) is 0. The van der Waals surface area contributed by atoms with Gasteiger partial charge in [-0.2, -0.15) is 0 Å². The minimum Gasteiger partial charge on any atom is -0.370 e. The third kappa shape index (κ3) is 13.3. The maximum Gasteiger partial charge on any atom is 0.195 e. The molecule has 0 aromatic heterocycles. The van der Waals surface area contributed by atoms with Crippen LogP contribution in [0, 0.1) is 0 Å². The number of rotatable bonds is 2. The maximum atomic E-state index is 5.39. The molecule has 14 heavy (non-hydrogen) atoms. The molecule has 0 unspecified atom stereocenters. The molecule has 0 aliphatic rings. The average molecular weight is 205 g/mol. The van der Waals surface area contributed by atoms with E-state index in [1.807, 2.05) is 13.8 Å². The van der Waals surface area contributed by atoms with Crippen LogP contribution in [-0.2, 0) is 0 Å². The third-order valence-corrected chi connectivity index (χ3v) is 0.913. The Labute approximate surface area is 88.7 Å². The van der Waals surface area contributed by atoms with E-state index in [9.17, 15) is 0 Å². The van der Waals surface area contributed by atoms with Gasteiger partial charge in [0, 0.05) is 13.1 Å². The van der Waals surface area contributed by atoms with Crippen LogP contribution in [0.2, 0.25) is 0 Å². The second-order valence-electron chi connectivity index (χ2n) is 1.84. The lowest BCUT2D eigenvalue weighted by molar-refractivity contribution is 1.06. The van der Waals surface area contributed by atoms with Crippen LogP contribution < -0.4 is 16.8 Å². The second kappa shape index (κ2) is 14.3. The molecule has 0 aromatic rings. The highest BCUT2D eigenvalue weighted by atomic mass is 15.2. The summed E-state index contributed by atoms with van der Waals surface area (Å²) >= 11 is 0. The van der Waals surface area contributed by atoms with Crippen LogP contribution in [0.25, 0.3) is 0 Å². The molecule has 0 radical (unpaired) electrons. The van der Waals surface area contributed by atoms with Crippen molar-refractivity contribution in [2.24, 2.45) is 21.5 Å². The highest BCUT2D eigenvalue weighted by Gasteiger charge is 1.91. The van der Waals surface area contributed by atoms with Crippen LogP contribution in [0.15, 0.2) is 9.98 Å². The number of nitrogens with zero attached hydrogens (tertiary/aromatic N) is 2. The topological polar surface area (TPSA) is 88.8 Å². The molecule has 5 nitrogen and oxygen atoms in total. The van der Waals surface area contributed by atoms with Gasteiger partial charge in [0.2, 0.25) is 0 Å². The van der Waals surface area contributed by atoms with Gasteiger partial charge < -0.3 is 11.5 Å². The van der Waals surface area contributed by atoms with Gasteiger partial charge in [0.15, 0.2) is 11.9 Å². The fraction of sp³-hybridized carbons (Fsp3) is 0.778. The Morgan fingerprint density at radius 1 is 0.929 bits per heavy atom. The molecule has 0 rings (SSSR count). The van der Waals surface area contributed by atoms with Gasteiger partial charge in [0.25, 0.3) is 0 Å². The van der Waals surface area contributed by atoms with E-state index in [4.69, 9.17) is 11.5 Å². The molecular weight excluding hydrogens is 178 g/mol. The van der Waals surface area contributed by atoms with Crippen LogP contribution in [0.5, 0.6) is 0 Å². The van der Waals surface area contributed by atoms with Gasteiger partial charge in [-0.05, 0) is 13.8 Å². The minimum atomic E-state index is 0. The molecular formula is C9H27N5. The van der Waals surface area contributed by atoms with E-state index < -0.39 is 0 Å². The number of hydrogen-bond acceptors (Lipinski definition) is 2. The third-order valence-electron chi connectivity index (χ3n) is 0.913. The highest BCUT2D eigenvalue weighted by Crippen LogP contribution is 1.68. The van der Waals surface area contributed by atoms with Crippen molar-refractivity contribution in [2.45, 2.75) is 36.1 Å².